The Morgan fingerprint density at radius 2 is 1.69 bits per heavy atom. The Labute approximate surface area is 152 Å². The van der Waals surface area contributed by atoms with Crippen LogP contribution in [0.1, 0.15) is 23.7 Å². The number of rotatable bonds is 5. The molecule has 0 bridgehead atoms. The number of carbonyl (C=O) groups is 1. The number of fused-ring (bicyclic) bond motifs is 2. The summed E-state index contributed by atoms with van der Waals surface area (Å²) in [5.41, 5.74) is 3.85. The third-order valence-corrected chi connectivity index (χ3v) is 4.96. The predicted molar refractivity (Wildman–Crippen MR) is 107 cm³/mol. The summed E-state index contributed by atoms with van der Waals surface area (Å²) in [4.78, 5) is 11.9. The van der Waals surface area contributed by atoms with Gasteiger partial charge in [0.2, 0.25) is 0 Å². The van der Waals surface area contributed by atoms with Crippen LogP contribution in [0.5, 0.6) is 0 Å². The van der Waals surface area contributed by atoms with Crippen LogP contribution in [0, 0.1) is 0 Å². The maximum absolute atomic E-state index is 11.9. The molecule has 3 nitrogen and oxygen atoms in total. The van der Waals surface area contributed by atoms with E-state index in [0.29, 0.717) is 6.42 Å². The van der Waals surface area contributed by atoms with Crippen molar-refractivity contribution >= 4 is 28.0 Å². The van der Waals surface area contributed by atoms with Crippen molar-refractivity contribution < 1.29 is 9.90 Å². The number of aliphatic hydroxyl groups is 1. The first kappa shape index (κ1) is 16.6. The van der Waals surface area contributed by atoms with Crippen LogP contribution in [-0.2, 0) is 6.54 Å². The standard InChI is InChI=1S/C23H21NO2/c1-16(26)12-13-24-14-21(20-8-4-5-9-23(20)24)19-11-10-17-6-2-3-7-18(17)22(19)15-25/h2-11,14-16,26H,12-13H2,1H3. The Bertz CT molecular complexity index is 1090. The van der Waals surface area contributed by atoms with Gasteiger partial charge in [0.1, 0.15) is 0 Å². The third kappa shape index (κ3) is 2.80. The van der Waals surface area contributed by atoms with Crippen LogP contribution in [0.4, 0.5) is 0 Å². The molecule has 130 valence electrons. The summed E-state index contributed by atoms with van der Waals surface area (Å²) in [5, 5.41) is 12.8. The quantitative estimate of drug-likeness (QED) is 0.516. The van der Waals surface area contributed by atoms with Crippen LogP contribution >= 0.6 is 0 Å². The van der Waals surface area contributed by atoms with E-state index in [1.807, 2.05) is 42.5 Å². The zero-order valence-electron chi connectivity index (χ0n) is 14.7. The lowest BCUT2D eigenvalue weighted by atomic mass is 9.95. The smallest absolute Gasteiger partial charge is 0.151 e. The van der Waals surface area contributed by atoms with Crippen molar-refractivity contribution in [1.29, 1.82) is 0 Å². The summed E-state index contributed by atoms with van der Waals surface area (Å²) in [6, 6.07) is 20.3. The van der Waals surface area contributed by atoms with Crippen molar-refractivity contribution in [2.45, 2.75) is 26.0 Å². The van der Waals surface area contributed by atoms with Crippen molar-refractivity contribution in [2.24, 2.45) is 0 Å². The lowest BCUT2D eigenvalue weighted by molar-refractivity contribution is 0.112. The molecule has 0 spiro atoms. The Kier molecular flexibility index (Phi) is 4.31. The van der Waals surface area contributed by atoms with Crippen molar-refractivity contribution in [2.75, 3.05) is 0 Å². The monoisotopic (exact) mass is 343 g/mol. The number of aldehydes is 1. The summed E-state index contributed by atoms with van der Waals surface area (Å²) in [7, 11) is 0. The van der Waals surface area contributed by atoms with Gasteiger partial charge >= 0.3 is 0 Å². The average Bonchev–Trinajstić information content (AvgIpc) is 3.04. The summed E-state index contributed by atoms with van der Waals surface area (Å²) in [5.74, 6) is 0. The van der Waals surface area contributed by atoms with Crippen molar-refractivity contribution in [3.63, 3.8) is 0 Å². The minimum Gasteiger partial charge on any atom is -0.393 e. The SMILES string of the molecule is CC(O)CCn1cc(-c2ccc3ccccc3c2C=O)c2ccccc21. The summed E-state index contributed by atoms with van der Waals surface area (Å²) >= 11 is 0. The zero-order valence-corrected chi connectivity index (χ0v) is 14.7. The molecule has 0 aliphatic heterocycles. The highest BCUT2D eigenvalue weighted by Crippen LogP contribution is 2.35. The van der Waals surface area contributed by atoms with E-state index >= 15 is 0 Å². The van der Waals surface area contributed by atoms with Gasteiger partial charge in [-0.25, -0.2) is 0 Å². The van der Waals surface area contributed by atoms with E-state index in [4.69, 9.17) is 0 Å². The van der Waals surface area contributed by atoms with E-state index in [-0.39, 0.29) is 6.10 Å². The molecule has 0 aliphatic carbocycles. The molecule has 1 aromatic heterocycles. The van der Waals surface area contributed by atoms with E-state index < -0.39 is 0 Å². The van der Waals surface area contributed by atoms with Crippen LogP contribution in [-0.4, -0.2) is 22.1 Å². The molecule has 1 N–H and O–H groups in total. The van der Waals surface area contributed by atoms with Gasteiger partial charge in [0.05, 0.1) is 6.10 Å². The first-order chi connectivity index (χ1) is 12.7. The van der Waals surface area contributed by atoms with Crippen LogP contribution in [0.2, 0.25) is 0 Å². The number of hydrogen-bond donors (Lipinski definition) is 1. The van der Waals surface area contributed by atoms with E-state index in [0.717, 1.165) is 51.2 Å². The molecule has 4 aromatic rings. The number of aromatic nitrogens is 1. The number of carbonyl (C=O) groups excluding carboxylic acids is 1. The molecule has 0 aliphatic rings. The molecule has 0 saturated carbocycles. The predicted octanol–water partition coefficient (Wildman–Crippen LogP) is 5.04. The highest BCUT2D eigenvalue weighted by atomic mass is 16.3. The Morgan fingerprint density at radius 3 is 2.46 bits per heavy atom. The average molecular weight is 343 g/mol. The fourth-order valence-electron chi connectivity index (χ4n) is 3.63. The summed E-state index contributed by atoms with van der Waals surface area (Å²) < 4.78 is 2.17. The van der Waals surface area contributed by atoms with Crippen LogP contribution in [0.3, 0.4) is 0 Å². The number of aryl methyl sites for hydroxylation is 1. The number of nitrogens with zero attached hydrogens (tertiary/aromatic N) is 1. The molecular weight excluding hydrogens is 322 g/mol. The van der Waals surface area contributed by atoms with Gasteiger partial charge in [-0.2, -0.15) is 0 Å². The van der Waals surface area contributed by atoms with E-state index in [9.17, 15) is 9.90 Å². The highest BCUT2D eigenvalue weighted by molar-refractivity contribution is 6.08. The van der Waals surface area contributed by atoms with Gasteiger partial charge in [-0.05, 0) is 35.7 Å². The molecule has 0 fully saturated rings. The van der Waals surface area contributed by atoms with Gasteiger partial charge in [-0.1, -0.05) is 54.6 Å². The Morgan fingerprint density at radius 1 is 0.962 bits per heavy atom. The molecule has 0 amide bonds. The lowest BCUT2D eigenvalue weighted by Gasteiger charge is -2.08. The van der Waals surface area contributed by atoms with Gasteiger partial charge in [-0.15, -0.1) is 0 Å². The summed E-state index contributed by atoms with van der Waals surface area (Å²) in [6.07, 6.45) is 3.41. The molecule has 4 rings (SSSR count). The Balaban J connectivity index is 1.95. The first-order valence-electron chi connectivity index (χ1n) is 8.92. The van der Waals surface area contributed by atoms with Gasteiger partial charge in [0, 0.05) is 34.8 Å². The van der Waals surface area contributed by atoms with Crippen molar-refractivity contribution in [3.8, 4) is 11.1 Å². The second-order valence-corrected chi connectivity index (χ2v) is 6.76. The second-order valence-electron chi connectivity index (χ2n) is 6.76. The summed E-state index contributed by atoms with van der Waals surface area (Å²) in [6.45, 7) is 2.54. The maximum atomic E-state index is 11.9. The topological polar surface area (TPSA) is 42.2 Å². The maximum Gasteiger partial charge on any atom is 0.151 e. The first-order valence-corrected chi connectivity index (χ1v) is 8.92. The van der Waals surface area contributed by atoms with E-state index in [1.54, 1.807) is 6.92 Å². The van der Waals surface area contributed by atoms with Crippen LogP contribution in [0.15, 0.2) is 66.9 Å². The second kappa shape index (κ2) is 6.77. The van der Waals surface area contributed by atoms with Gasteiger partial charge in [0.15, 0.2) is 6.29 Å². The molecule has 0 saturated heterocycles. The van der Waals surface area contributed by atoms with Gasteiger partial charge in [0.25, 0.3) is 0 Å². The normalized spacial score (nSPS) is 12.5. The minimum atomic E-state index is -0.342. The number of para-hydroxylation sites is 1. The lowest BCUT2D eigenvalue weighted by Crippen LogP contribution is -2.05. The molecule has 1 unspecified atom stereocenters. The van der Waals surface area contributed by atoms with Gasteiger partial charge in [-0.3, -0.25) is 4.79 Å². The molecule has 26 heavy (non-hydrogen) atoms. The van der Waals surface area contributed by atoms with Crippen molar-refractivity contribution in [3.05, 3.63) is 72.4 Å². The van der Waals surface area contributed by atoms with Crippen LogP contribution in [0.25, 0.3) is 32.8 Å². The fourth-order valence-corrected chi connectivity index (χ4v) is 3.63. The number of hydrogen-bond acceptors (Lipinski definition) is 2. The molecule has 1 atom stereocenters. The minimum absolute atomic E-state index is 0.342. The van der Waals surface area contributed by atoms with Crippen molar-refractivity contribution in [1.82, 2.24) is 4.57 Å². The Hall–Kier alpha value is -2.91. The molecule has 1 heterocycles. The van der Waals surface area contributed by atoms with Gasteiger partial charge < -0.3 is 9.67 Å². The molecule has 3 heteroatoms. The molecular formula is C23H21NO2. The third-order valence-electron chi connectivity index (χ3n) is 4.96. The molecule has 0 radical (unpaired) electrons. The number of benzene rings is 3. The van der Waals surface area contributed by atoms with Crippen LogP contribution < -0.4 is 0 Å². The zero-order chi connectivity index (χ0) is 18.1. The van der Waals surface area contributed by atoms with E-state index in [2.05, 4.69) is 29.0 Å². The highest BCUT2D eigenvalue weighted by Gasteiger charge is 2.15. The fraction of sp³-hybridized carbons (Fsp3) is 0.174. The number of aliphatic hydroxyl groups excluding tert-OH is 1. The van der Waals surface area contributed by atoms with E-state index in [1.165, 1.54) is 0 Å². The largest absolute Gasteiger partial charge is 0.393 e. The molecule has 3 aromatic carbocycles.